The molecule has 18 heavy (non-hydrogen) atoms. The highest BCUT2D eigenvalue weighted by Gasteiger charge is 2.21. The van der Waals surface area contributed by atoms with E-state index in [1.165, 1.54) is 7.11 Å². The molecule has 1 N–H and O–H groups in total. The minimum Gasteiger partial charge on any atom is -0.375 e. The normalized spacial score (nSPS) is 19.6. The standard InChI is InChI=1S/C13H19N3O2/c1-18-10-13(17)15-11-5-4-8-16(9-11)12-6-2-3-7-14-12/h2-3,6-7,11H,4-5,8-10H2,1H3,(H,15,17). The first-order chi connectivity index (χ1) is 8.79. The monoisotopic (exact) mass is 249 g/mol. The lowest BCUT2D eigenvalue weighted by Gasteiger charge is -2.33. The molecule has 0 bridgehead atoms. The summed E-state index contributed by atoms with van der Waals surface area (Å²) >= 11 is 0. The summed E-state index contributed by atoms with van der Waals surface area (Å²) in [5.74, 6) is 0.925. The van der Waals surface area contributed by atoms with Crippen molar-refractivity contribution in [1.82, 2.24) is 10.3 Å². The van der Waals surface area contributed by atoms with Crippen LogP contribution in [-0.2, 0) is 9.53 Å². The summed E-state index contributed by atoms with van der Waals surface area (Å²) in [6.07, 6.45) is 3.87. The van der Waals surface area contributed by atoms with E-state index in [0.29, 0.717) is 0 Å². The van der Waals surface area contributed by atoms with E-state index in [4.69, 9.17) is 4.74 Å². The van der Waals surface area contributed by atoms with E-state index in [2.05, 4.69) is 15.2 Å². The van der Waals surface area contributed by atoms with Gasteiger partial charge in [-0.05, 0) is 25.0 Å². The molecule has 5 heteroatoms. The van der Waals surface area contributed by atoms with Crippen LogP contribution >= 0.6 is 0 Å². The van der Waals surface area contributed by atoms with Gasteiger partial charge in [-0.15, -0.1) is 0 Å². The Morgan fingerprint density at radius 2 is 2.50 bits per heavy atom. The fourth-order valence-corrected chi connectivity index (χ4v) is 2.24. The minimum absolute atomic E-state index is 0.0506. The van der Waals surface area contributed by atoms with Gasteiger partial charge < -0.3 is 15.0 Å². The van der Waals surface area contributed by atoms with Gasteiger partial charge in [-0.3, -0.25) is 4.79 Å². The molecule has 1 aromatic rings. The molecule has 1 saturated heterocycles. The number of methoxy groups -OCH3 is 1. The van der Waals surface area contributed by atoms with Crippen LogP contribution in [0.25, 0.3) is 0 Å². The molecule has 1 aliphatic heterocycles. The summed E-state index contributed by atoms with van der Waals surface area (Å²) in [4.78, 5) is 18.0. The van der Waals surface area contributed by atoms with Crippen molar-refractivity contribution in [2.45, 2.75) is 18.9 Å². The van der Waals surface area contributed by atoms with Gasteiger partial charge in [0.05, 0.1) is 0 Å². The predicted octanol–water partition coefficient (Wildman–Crippen LogP) is 0.813. The number of hydrogen-bond donors (Lipinski definition) is 1. The third-order valence-electron chi connectivity index (χ3n) is 3.04. The van der Waals surface area contributed by atoms with E-state index in [1.54, 1.807) is 6.20 Å². The van der Waals surface area contributed by atoms with Crippen LogP contribution in [0.1, 0.15) is 12.8 Å². The van der Waals surface area contributed by atoms with Gasteiger partial charge in [0.25, 0.3) is 0 Å². The first-order valence-electron chi connectivity index (χ1n) is 6.24. The van der Waals surface area contributed by atoms with E-state index < -0.39 is 0 Å². The van der Waals surface area contributed by atoms with Gasteiger partial charge >= 0.3 is 0 Å². The topological polar surface area (TPSA) is 54.5 Å². The molecule has 0 radical (unpaired) electrons. The number of aromatic nitrogens is 1. The summed E-state index contributed by atoms with van der Waals surface area (Å²) in [6, 6.07) is 6.07. The van der Waals surface area contributed by atoms with Gasteiger partial charge in [0.15, 0.2) is 0 Å². The van der Waals surface area contributed by atoms with Crippen LogP contribution in [0.5, 0.6) is 0 Å². The average Bonchev–Trinajstić information content (AvgIpc) is 2.40. The van der Waals surface area contributed by atoms with Gasteiger partial charge in [-0.1, -0.05) is 6.07 Å². The fourth-order valence-electron chi connectivity index (χ4n) is 2.24. The smallest absolute Gasteiger partial charge is 0.246 e. The minimum atomic E-state index is -0.0506. The van der Waals surface area contributed by atoms with Crippen LogP contribution in [-0.4, -0.2) is 43.7 Å². The predicted molar refractivity (Wildman–Crippen MR) is 69.5 cm³/mol. The lowest BCUT2D eigenvalue weighted by molar-refractivity contribution is -0.125. The van der Waals surface area contributed by atoms with Crippen molar-refractivity contribution in [2.24, 2.45) is 0 Å². The van der Waals surface area contributed by atoms with E-state index in [9.17, 15) is 4.79 Å². The Morgan fingerprint density at radius 3 is 3.22 bits per heavy atom. The van der Waals surface area contributed by atoms with Crippen LogP contribution < -0.4 is 10.2 Å². The van der Waals surface area contributed by atoms with Crippen LogP contribution in [0.4, 0.5) is 5.82 Å². The highest BCUT2D eigenvalue weighted by atomic mass is 16.5. The lowest BCUT2D eigenvalue weighted by Crippen LogP contribution is -2.48. The molecule has 0 saturated carbocycles. The number of hydrogen-bond acceptors (Lipinski definition) is 4. The van der Waals surface area contributed by atoms with Gasteiger partial charge in [-0.25, -0.2) is 4.98 Å². The second kappa shape index (κ2) is 6.35. The maximum absolute atomic E-state index is 11.5. The third kappa shape index (κ3) is 3.43. The number of nitrogens with zero attached hydrogens (tertiary/aromatic N) is 2. The fraction of sp³-hybridized carbons (Fsp3) is 0.538. The molecular weight excluding hydrogens is 230 g/mol. The summed E-state index contributed by atoms with van der Waals surface area (Å²) in [6.45, 7) is 1.93. The zero-order valence-electron chi connectivity index (χ0n) is 10.6. The zero-order valence-corrected chi connectivity index (χ0v) is 10.6. The maximum atomic E-state index is 11.5. The molecule has 2 rings (SSSR count). The number of nitrogens with one attached hydrogen (secondary N) is 1. The Bertz CT molecular complexity index is 383. The van der Waals surface area contributed by atoms with Crippen LogP contribution in [0.15, 0.2) is 24.4 Å². The van der Waals surface area contributed by atoms with Gasteiger partial charge in [-0.2, -0.15) is 0 Å². The molecule has 0 spiro atoms. The summed E-state index contributed by atoms with van der Waals surface area (Å²) in [7, 11) is 1.53. The van der Waals surface area contributed by atoms with E-state index in [1.807, 2.05) is 18.2 Å². The van der Waals surface area contributed by atoms with Gasteiger partial charge in [0.1, 0.15) is 12.4 Å². The average molecular weight is 249 g/mol. The molecule has 2 heterocycles. The van der Waals surface area contributed by atoms with Crippen LogP contribution in [0.3, 0.4) is 0 Å². The number of piperidine rings is 1. The Balaban J connectivity index is 1.91. The highest BCUT2D eigenvalue weighted by Crippen LogP contribution is 2.16. The van der Waals surface area contributed by atoms with Crippen molar-refractivity contribution >= 4 is 11.7 Å². The summed E-state index contributed by atoms with van der Waals surface area (Å²) in [5, 5.41) is 2.99. The Morgan fingerprint density at radius 1 is 1.61 bits per heavy atom. The lowest BCUT2D eigenvalue weighted by atomic mass is 10.1. The first-order valence-corrected chi connectivity index (χ1v) is 6.24. The number of ether oxygens (including phenoxy) is 1. The van der Waals surface area contributed by atoms with E-state index in [-0.39, 0.29) is 18.6 Å². The molecule has 1 atom stereocenters. The van der Waals surface area contributed by atoms with Crippen molar-refractivity contribution in [3.05, 3.63) is 24.4 Å². The van der Waals surface area contributed by atoms with Gasteiger partial charge in [0.2, 0.25) is 5.91 Å². The molecule has 0 aliphatic carbocycles. The number of pyridine rings is 1. The second-order valence-corrected chi connectivity index (χ2v) is 4.47. The van der Waals surface area contributed by atoms with Crippen LogP contribution in [0.2, 0.25) is 0 Å². The molecule has 0 aromatic carbocycles. The number of carbonyl (C=O) groups excluding carboxylic acids is 1. The number of amides is 1. The van der Waals surface area contributed by atoms with E-state index >= 15 is 0 Å². The van der Waals surface area contributed by atoms with Crippen molar-refractivity contribution < 1.29 is 9.53 Å². The molecular formula is C13H19N3O2. The van der Waals surface area contributed by atoms with Crippen molar-refractivity contribution in [1.29, 1.82) is 0 Å². The molecule has 1 aromatic heterocycles. The highest BCUT2D eigenvalue weighted by molar-refractivity contribution is 5.77. The molecule has 5 nitrogen and oxygen atoms in total. The Labute approximate surface area is 107 Å². The number of rotatable bonds is 4. The third-order valence-corrected chi connectivity index (χ3v) is 3.04. The second-order valence-electron chi connectivity index (χ2n) is 4.47. The summed E-state index contributed by atoms with van der Waals surface area (Å²) in [5.41, 5.74) is 0. The molecule has 1 unspecified atom stereocenters. The van der Waals surface area contributed by atoms with Crippen molar-refractivity contribution in [3.8, 4) is 0 Å². The SMILES string of the molecule is COCC(=O)NC1CCCN(c2ccccn2)C1. The quantitative estimate of drug-likeness (QED) is 0.858. The number of carbonyl (C=O) groups is 1. The number of anilines is 1. The molecule has 1 aliphatic rings. The zero-order chi connectivity index (χ0) is 12.8. The first kappa shape index (κ1) is 12.8. The van der Waals surface area contributed by atoms with Crippen molar-refractivity contribution in [3.63, 3.8) is 0 Å². The van der Waals surface area contributed by atoms with Gasteiger partial charge in [0, 0.05) is 32.4 Å². The molecule has 98 valence electrons. The Hall–Kier alpha value is -1.62. The largest absolute Gasteiger partial charge is 0.375 e. The van der Waals surface area contributed by atoms with Crippen molar-refractivity contribution in [2.75, 3.05) is 31.7 Å². The van der Waals surface area contributed by atoms with Crippen LogP contribution in [0, 0.1) is 0 Å². The van der Waals surface area contributed by atoms with E-state index in [0.717, 1.165) is 31.7 Å². The summed E-state index contributed by atoms with van der Waals surface area (Å²) < 4.78 is 4.82. The molecule has 1 fully saturated rings. The Kier molecular flexibility index (Phi) is 4.52. The molecule has 1 amide bonds. The maximum Gasteiger partial charge on any atom is 0.246 e.